The highest BCUT2D eigenvalue weighted by Gasteiger charge is 2.20. The Bertz CT molecular complexity index is 740. The Labute approximate surface area is 170 Å². The van der Waals surface area contributed by atoms with Crippen LogP contribution in [0, 0.1) is 5.92 Å². The molecule has 1 aliphatic rings. The van der Waals surface area contributed by atoms with Crippen molar-refractivity contribution in [1.82, 2.24) is 20.5 Å². The summed E-state index contributed by atoms with van der Waals surface area (Å²) in [6, 6.07) is 9.06. The highest BCUT2D eigenvalue weighted by atomic mass is 15.2. The molecule has 0 aliphatic carbocycles. The Kier molecular flexibility index (Phi) is 7.78. The quantitative estimate of drug-likeness (QED) is 0.369. The van der Waals surface area contributed by atoms with Gasteiger partial charge in [-0.2, -0.15) is 0 Å². The molecular formula is C23H37N5. The average Bonchev–Trinajstić information content (AvgIpc) is 3.09. The molecule has 1 aromatic carbocycles. The fourth-order valence-corrected chi connectivity index (χ4v) is 4.09. The molecule has 0 atom stereocenters. The number of rotatable bonds is 8. The molecule has 3 N–H and O–H groups in total. The number of piperidine rings is 1. The zero-order valence-corrected chi connectivity index (χ0v) is 17.8. The average molecular weight is 384 g/mol. The zero-order valence-electron chi connectivity index (χ0n) is 17.8. The third-order valence-corrected chi connectivity index (χ3v) is 5.45. The standard InChI is InChI=1S/C23H37N5/c1-4-24-23(27-20-11-14-28(15-12-20)17-18(2)3)25-13-7-8-19-16-26-22-10-6-5-9-21(19)22/h5-6,9-10,16,18,20,26H,4,7-8,11-15,17H2,1-3H3,(H2,24,25,27). The van der Waals surface area contributed by atoms with Gasteiger partial charge in [0.05, 0.1) is 0 Å². The molecule has 3 rings (SSSR count). The lowest BCUT2D eigenvalue weighted by molar-refractivity contribution is 0.187. The van der Waals surface area contributed by atoms with Gasteiger partial charge in [0.2, 0.25) is 0 Å². The van der Waals surface area contributed by atoms with Gasteiger partial charge in [-0.05, 0) is 50.2 Å². The second kappa shape index (κ2) is 10.5. The Balaban J connectivity index is 1.45. The Morgan fingerprint density at radius 2 is 2.04 bits per heavy atom. The molecule has 0 unspecified atom stereocenters. The van der Waals surface area contributed by atoms with Crippen LogP contribution in [0.3, 0.4) is 0 Å². The molecule has 2 aromatic rings. The molecular weight excluding hydrogens is 346 g/mol. The van der Waals surface area contributed by atoms with Crippen molar-refractivity contribution in [3.8, 4) is 0 Å². The van der Waals surface area contributed by atoms with Crippen molar-refractivity contribution >= 4 is 16.9 Å². The molecule has 5 nitrogen and oxygen atoms in total. The molecule has 1 fully saturated rings. The van der Waals surface area contributed by atoms with Crippen LogP contribution in [-0.2, 0) is 6.42 Å². The van der Waals surface area contributed by atoms with Gasteiger partial charge >= 0.3 is 0 Å². The van der Waals surface area contributed by atoms with Crippen molar-refractivity contribution < 1.29 is 0 Å². The fourth-order valence-electron chi connectivity index (χ4n) is 4.09. The summed E-state index contributed by atoms with van der Waals surface area (Å²) in [5, 5.41) is 8.41. The van der Waals surface area contributed by atoms with E-state index >= 15 is 0 Å². The van der Waals surface area contributed by atoms with E-state index in [-0.39, 0.29) is 0 Å². The third-order valence-electron chi connectivity index (χ3n) is 5.45. The molecule has 0 amide bonds. The van der Waals surface area contributed by atoms with E-state index in [2.05, 4.69) is 71.8 Å². The summed E-state index contributed by atoms with van der Waals surface area (Å²) in [6.45, 7) is 12.1. The molecule has 0 bridgehead atoms. The summed E-state index contributed by atoms with van der Waals surface area (Å²) >= 11 is 0. The van der Waals surface area contributed by atoms with Gasteiger partial charge in [-0.3, -0.25) is 4.99 Å². The van der Waals surface area contributed by atoms with Crippen molar-refractivity contribution in [2.24, 2.45) is 10.9 Å². The van der Waals surface area contributed by atoms with Gasteiger partial charge in [0.15, 0.2) is 5.96 Å². The van der Waals surface area contributed by atoms with Gasteiger partial charge in [-0.15, -0.1) is 0 Å². The SMILES string of the molecule is CCNC(=NCCCc1c[nH]c2ccccc12)NC1CCN(CC(C)C)CC1. The van der Waals surface area contributed by atoms with Gasteiger partial charge in [0.1, 0.15) is 0 Å². The van der Waals surface area contributed by atoms with Crippen LogP contribution in [0.5, 0.6) is 0 Å². The minimum Gasteiger partial charge on any atom is -0.361 e. The molecule has 5 heteroatoms. The van der Waals surface area contributed by atoms with Crippen molar-refractivity contribution in [2.45, 2.75) is 52.5 Å². The monoisotopic (exact) mass is 383 g/mol. The van der Waals surface area contributed by atoms with Gasteiger partial charge in [0.25, 0.3) is 0 Å². The van der Waals surface area contributed by atoms with E-state index < -0.39 is 0 Å². The van der Waals surface area contributed by atoms with E-state index in [4.69, 9.17) is 4.99 Å². The second-order valence-corrected chi connectivity index (χ2v) is 8.34. The maximum absolute atomic E-state index is 4.83. The van der Waals surface area contributed by atoms with Crippen molar-refractivity contribution in [3.05, 3.63) is 36.0 Å². The van der Waals surface area contributed by atoms with Crippen LogP contribution in [0.25, 0.3) is 10.9 Å². The second-order valence-electron chi connectivity index (χ2n) is 8.34. The lowest BCUT2D eigenvalue weighted by Crippen LogP contribution is -2.49. The Morgan fingerprint density at radius 1 is 1.25 bits per heavy atom. The number of aromatic amines is 1. The summed E-state index contributed by atoms with van der Waals surface area (Å²) in [7, 11) is 0. The van der Waals surface area contributed by atoms with Crippen LogP contribution in [0.15, 0.2) is 35.5 Å². The van der Waals surface area contributed by atoms with Crippen LogP contribution < -0.4 is 10.6 Å². The minimum atomic E-state index is 0.537. The maximum Gasteiger partial charge on any atom is 0.191 e. The van der Waals surface area contributed by atoms with Crippen molar-refractivity contribution in [3.63, 3.8) is 0 Å². The lowest BCUT2D eigenvalue weighted by Gasteiger charge is -2.34. The van der Waals surface area contributed by atoms with Crippen LogP contribution >= 0.6 is 0 Å². The van der Waals surface area contributed by atoms with Crippen LogP contribution in [-0.4, -0.2) is 54.6 Å². The largest absolute Gasteiger partial charge is 0.361 e. The number of hydrogen-bond acceptors (Lipinski definition) is 2. The molecule has 154 valence electrons. The highest BCUT2D eigenvalue weighted by Crippen LogP contribution is 2.19. The molecule has 0 saturated carbocycles. The van der Waals surface area contributed by atoms with Crippen molar-refractivity contribution in [1.29, 1.82) is 0 Å². The first-order valence-corrected chi connectivity index (χ1v) is 11.0. The van der Waals surface area contributed by atoms with E-state index in [1.54, 1.807) is 0 Å². The van der Waals surface area contributed by atoms with Gasteiger partial charge < -0.3 is 20.5 Å². The molecule has 0 spiro atoms. The number of nitrogens with zero attached hydrogens (tertiary/aromatic N) is 2. The molecule has 2 heterocycles. The fraction of sp³-hybridized carbons (Fsp3) is 0.609. The number of H-pyrrole nitrogens is 1. The van der Waals surface area contributed by atoms with E-state index in [1.807, 2.05) is 0 Å². The third kappa shape index (κ3) is 5.99. The number of fused-ring (bicyclic) bond motifs is 1. The van der Waals surface area contributed by atoms with E-state index in [0.29, 0.717) is 6.04 Å². The summed E-state index contributed by atoms with van der Waals surface area (Å²) in [4.78, 5) is 10.8. The predicted octanol–water partition coefficient (Wildman–Crippen LogP) is 3.78. The van der Waals surface area contributed by atoms with Crippen LogP contribution in [0.1, 0.15) is 45.6 Å². The Hall–Kier alpha value is -2.01. The summed E-state index contributed by atoms with van der Waals surface area (Å²) in [5.41, 5.74) is 2.61. The predicted molar refractivity (Wildman–Crippen MR) is 120 cm³/mol. The highest BCUT2D eigenvalue weighted by molar-refractivity contribution is 5.83. The topological polar surface area (TPSA) is 55.5 Å². The first-order valence-electron chi connectivity index (χ1n) is 11.0. The number of guanidine groups is 1. The number of likely N-dealkylation sites (tertiary alicyclic amines) is 1. The first-order chi connectivity index (χ1) is 13.7. The Morgan fingerprint density at radius 3 is 2.79 bits per heavy atom. The van der Waals surface area contributed by atoms with Gasteiger partial charge in [-0.1, -0.05) is 32.0 Å². The normalized spacial score (nSPS) is 16.8. The smallest absolute Gasteiger partial charge is 0.191 e. The summed E-state index contributed by atoms with van der Waals surface area (Å²) < 4.78 is 0. The maximum atomic E-state index is 4.83. The lowest BCUT2D eigenvalue weighted by atomic mass is 10.0. The van der Waals surface area contributed by atoms with E-state index in [1.165, 1.54) is 48.9 Å². The summed E-state index contributed by atoms with van der Waals surface area (Å²) in [5.74, 6) is 1.73. The number of benzene rings is 1. The number of aryl methyl sites for hydroxylation is 1. The zero-order chi connectivity index (χ0) is 19.8. The van der Waals surface area contributed by atoms with E-state index in [9.17, 15) is 0 Å². The number of hydrogen-bond donors (Lipinski definition) is 3. The molecule has 28 heavy (non-hydrogen) atoms. The molecule has 1 aromatic heterocycles. The minimum absolute atomic E-state index is 0.537. The number of aromatic nitrogens is 1. The van der Waals surface area contributed by atoms with Gasteiger partial charge in [-0.25, -0.2) is 0 Å². The number of para-hydroxylation sites is 1. The summed E-state index contributed by atoms with van der Waals surface area (Å²) in [6.07, 6.45) is 6.66. The van der Waals surface area contributed by atoms with Crippen LogP contribution in [0.2, 0.25) is 0 Å². The number of aliphatic imine (C=N–C) groups is 1. The number of nitrogens with one attached hydrogen (secondary N) is 3. The van der Waals surface area contributed by atoms with Gasteiger partial charge in [0, 0.05) is 55.9 Å². The molecule has 1 aliphatic heterocycles. The molecule has 0 radical (unpaired) electrons. The first kappa shape index (κ1) is 20.7. The van der Waals surface area contributed by atoms with Crippen molar-refractivity contribution in [2.75, 3.05) is 32.7 Å². The molecule has 1 saturated heterocycles. The van der Waals surface area contributed by atoms with Crippen LogP contribution in [0.4, 0.5) is 0 Å². The van der Waals surface area contributed by atoms with E-state index in [0.717, 1.165) is 37.8 Å².